The summed E-state index contributed by atoms with van der Waals surface area (Å²) < 4.78 is 4.71. The molecule has 0 aromatic carbocycles. The summed E-state index contributed by atoms with van der Waals surface area (Å²) in [5.41, 5.74) is 5.44. The summed E-state index contributed by atoms with van der Waals surface area (Å²) in [5, 5.41) is 10.8. The van der Waals surface area contributed by atoms with Crippen molar-refractivity contribution in [3.63, 3.8) is 0 Å². The van der Waals surface area contributed by atoms with Crippen LogP contribution in [-0.4, -0.2) is 32.2 Å². The van der Waals surface area contributed by atoms with Crippen molar-refractivity contribution in [3.8, 4) is 6.07 Å². The SMILES string of the molecule is COCC(N)C(=O)NCCCC#N. The molecule has 5 heteroatoms. The molecule has 0 aliphatic carbocycles. The molecule has 0 aromatic heterocycles. The van der Waals surface area contributed by atoms with Crippen LogP contribution in [0.2, 0.25) is 0 Å². The third-order valence-electron chi connectivity index (χ3n) is 1.45. The number of nitrogens with one attached hydrogen (secondary N) is 1. The average molecular weight is 185 g/mol. The number of carbonyl (C=O) groups excluding carboxylic acids is 1. The molecule has 1 unspecified atom stereocenters. The number of ether oxygens (including phenoxy) is 1. The smallest absolute Gasteiger partial charge is 0.239 e. The van der Waals surface area contributed by atoms with E-state index in [1.165, 1.54) is 7.11 Å². The third kappa shape index (κ3) is 6.08. The van der Waals surface area contributed by atoms with Gasteiger partial charge in [-0.05, 0) is 6.42 Å². The van der Waals surface area contributed by atoms with Gasteiger partial charge in [0.15, 0.2) is 0 Å². The van der Waals surface area contributed by atoms with Crippen LogP contribution < -0.4 is 11.1 Å². The van der Waals surface area contributed by atoms with Gasteiger partial charge in [0.1, 0.15) is 6.04 Å². The number of nitrogens with two attached hydrogens (primary N) is 1. The van der Waals surface area contributed by atoms with Crippen LogP contribution in [0, 0.1) is 11.3 Å². The van der Waals surface area contributed by atoms with E-state index >= 15 is 0 Å². The topological polar surface area (TPSA) is 88.1 Å². The van der Waals surface area contributed by atoms with Crippen LogP contribution in [0.4, 0.5) is 0 Å². The van der Waals surface area contributed by atoms with Gasteiger partial charge in [0.2, 0.25) is 5.91 Å². The zero-order valence-electron chi connectivity index (χ0n) is 7.75. The fraction of sp³-hybridized carbons (Fsp3) is 0.750. The second kappa shape index (κ2) is 7.53. The van der Waals surface area contributed by atoms with E-state index in [1.54, 1.807) is 0 Å². The molecule has 0 spiro atoms. The van der Waals surface area contributed by atoms with Gasteiger partial charge in [0, 0.05) is 20.1 Å². The van der Waals surface area contributed by atoms with Gasteiger partial charge in [-0.25, -0.2) is 0 Å². The Morgan fingerprint density at radius 1 is 1.77 bits per heavy atom. The number of amides is 1. The molecule has 1 amide bonds. The monoisotopic (exact) mass is 185 g/mol. The zero-order valence-corrected chi connectivity index (χ0v) is 7.75. The standard InChI is InChI=1S/C8H15N3O2/c1-13-6-7(10)8(12)11-5-3-2-4-9/h7H,2-3,5-6,10H2,1H3,(H,11,12). The number of rotatable bonds is 6. The van der Waals surface area contributed by atoms with Gasteiger partial charge in [0.05, 0.1) is 12.7 Å². The van der Waals surface area contributed by atoms with Crippen LogP contribution in [0.15, 0.2) is 0 Å². The molecule has 0 saturated carbocycles. The summed E-state index contributed by atoms with van der Waals surface area (Å²) in [5.74, 6) is -0.236. The lowest BCUT2D eigenvalue weighted by atomic mass is 10.3. The minimum absolute atomic E-state index is 0.212. The lowest BCUT2D eigenvalue weighted by Crippen LogP contribution is -2.43. The fourth-order valence-electron chi connectivity index (χ4n) is 0.765. The highest BCUT2D eigenvalue weighted by Crippen LogP contribution is 1.85. The third-order valence-corrected chi connectivity index (χ3v) is 1.45. The average Bonchev–Trinajstić information content (AvgIpc) is 2.12. The van der Waals surface area contributed by atoms with Crippen molar-refractivity contribution in [2.75, 3.05) is 20.3 Å². The van der Waals surface area contributed by atoms with Crippen molar-refractivity contribution in [1.29, 1.82) is 5.26 Å². The first-order valence-electron chi connectivity index (χ1n) is 4.11. The molecule has 0 aliphatic rings. The molecule has 0 rings (SSSR count). The van der Waals surface area contributed by atoms with E-state index < -0.39 is 6.04 Å². The predicted octanol–water partition coefficient (Wildman–Crippen LogP) is -0.620. The zero-order chi connectivity index (χ0) is 10.1. The molecule has 0 fully saturated rings. The minimum atomic E-state index is -0.618. The van der Waals surface area contributed by atoms with Gasteiger partial charge in [-0.15, -0.1) is 0 Å². The van der Waals surface area contributed by atoms with Crippen molar-refractivity contribution in [2.45, 2.75) is 18.9 Å². The summed E-state index contributed by atoms with van der Waals surface area (Å²) in [6, 6.07) is 1.37. The highest BCUT2D eigenvalue weighted by molar-refractivity contribution is 5.81. The predicted molar refractivity (Wildman–Crippen MR) is 47.7 cm³/mol. The first-order valence-corrected chi connectivity index (χ1v) is 4.11. The van der Waals surface area contributed by atoms with Crippen molar-refractivity contribution >= 4 is 5.91 Å². The molecular formula is C8H15N3O2. The maximum absolute atomic E-state index is 11.1. The minimum Gasteiger partial charge on any atom is -0.383 e. The lowest BCUT2D eigenvalue weighted by Gasteiger charge is -2.10. The number of nitrogens with zero attached hydrogens (tertiary/aromatic N) is 1. The normalized spacial score (nSPS) is 11.8. The van der Waals surface area contributed by atoms with E-state index in [0.717, 1.165) is 0 Å². The largest absolute Gasteiger partial charge is 0.383 e. The molecule has 5 nitrogen and oxygen atoms in total. The summed E-state index contributed by atoms with van der Waals surface area (Å²) in [6.45, 7) is 0.702. The van der Waals surface area contributed by atoms with Crippen LogP contribution in [0.3, 0.4) is 0 Å². The summed E-state index contributed by atoms with van der Waals surface area (Å²) >= 11 is 0. The number of carbonyl (C=O) groups is 1. The van der Waals surface area contributed by atoms with Crippen LogP contribution in [0.5, 0.6) is 0 Å². The van der Waals surface area contributed by atoms with Crippen molar-refractivity contribution in [1.82, 2.24) is 5.32 Å². The van der Waals surface area contributed by atoms with Crippen LogP contribution in [0.25, 0.3) is 0 Å². The Labute approximate surface area is 77.9 Å². The lowest BCUT2D eigenvalue weighted by molar-refractivity contribution is -0.123. The van der Waals surface area contributed by atoms with E-state index in [9.17, 15) is 4.79 Å². The maximum atomic E-state index is 11.1. The van der Waals surface area contributed by atoms with Crippen LogP contribution >= 0.6 is 0 Å². The quantitative estimate of drug-likeness (QED) is 0.540. The number of hydrogen-bond acceptors (Lipinski definition) is 4. The van der Waals surface area contributed by atoms with Gasteiger partial charge < -0.3 is 15.8 Å². The molecule has 3 N–H and O–H groups in total. The van der Waals surface area contributed by atoms with E-state index in [-0.39, 0.29) is 12.5 Å². The fourth-order valence-corrected chi connectivity index (χ4v) is 0.765. The molecule has 1 atom stereocenters. The molecule has 0 radical (unpaired) electrons. The second-order valence-corrected chi connectivity index (χ2v) is 2.61. The molecule has 0 aromatic rings. The van der Waals surface area contributed by atoms with Crippen molar-refractivity contribution < 1.29 is 9.53 Å². The second-order valence-electron chi connectivity index (χ2n) is 2.61. The molecule has 0 heterocycles. The Morgan fingerprint density at radius 3 is 3.00 bits per heavy atom. The van der Waals surface area contributed by atoms with Crippen molar-refractivity contribution in [2.24, 2.45) is 5.73 Å². The van der Waals surface area contributed by atoms with Gasteiger partial charge in [-0.1, -0.05) is 0 Å². The van der Waals surface area contributed by atoms with Gasteiger partial charge in [0.25, 0.3) is 0 Å². The summed E-state index contributed by atoms with van der Waals surface area (Å²) in [7, 11) is 1.49. The van der Waals surface area contributed by atoms with Gasteiger partial charge >= 0.3 is 0 Å². The molecule has 13 heavy (non-hydrogen) atoms. The van der Waals surface area contributed by atoms with Crippen LogP contribution in [0.1, 0.15) is 12.8 Å². The highest BCUT2D eigenvalue weighted by atomic mass is 16.5. The van der Waals surface area contributed by atoms with Gasteiger partial charge in [-0.3, -0.25) is 4.79 Å². The van der Waals surface area contributed by atoms with E-state index in [1.807, 2.05) is 6.07 Å². The Morgan fingerprint density at radius 2 is 2.46 bits per heavy atom. The van der Waals surface area contributed by atoms with Crippen molar-refractivity contribution in [3.05, 3.63) is 0 Å². The number of unbranched alkanes of at least 4 members (excludes halogenated alkanes) is 1. The Hall–Kier alpha value is -1.12. The number of nitriles is 1. The highest BCUT2D eigenvalue weighted by Gasteiger charge is 2.11. The van der Waals surface area contributed by atoms with E-state index in [4.69, 9.17) is 15.7 Å². The molecule has 0 saturated heterocycles. The first-order chi connectivity index (χ1) is 6.22. The Kier molecular flexibility index (Phi) is 6.88. The van der Waals surface area contributed by atoms with E-state index in [0.29, 0.717) is 19.4 Å². The number of methoxy groups -OCH3 is 1. The van der Waals surface area contributed by atoms with Crippen LogP contribution in [-0.2, 0) is 9.53 Å². The molecule has 0 aliphatic heterocycles. The Bertz CT molecular complexity index is 188. The summed E-state index contributed by atoms with van der Waals surface area (Å²) in [4.78, 5) is 11.1. The number of hydrogen-bond donors (Lipinski definition) is 2. The summed E-state index contributed by atoms with van der Waals surface area (Å²) in [6.07, 6.45) is 1.10. The first kappa shape index (κ1) is 11.9. The molecule has 0 bridgehead atoms. The van der Waals surface area contributed by atoms with E-state index in [2.05, 4.69) is 5.32 Å². The maximum Gasteiger partial charge on any atom is 0.239 e. The molecular weight excluding hydrogens is 170 g/mol. The molecule has 74 valence electrons. The Balaban J connectivity index is 3.45. The van der Waals surface area contributed by atoms with Gasteiger partial charge in [-0.2, -0.15) is 5.26 Å².